The first-order valence-corrected chi connectivity index (χ1v) is 4.88. The van der Waals surface area contributed by atoms with Crippen molar-refractivity contribution in [3.8, 4) is 6.07 Å². The summed E-state index contributed by atoms with van der Waals surface area (Å²) in [5.41, 5.74) is 0.0477. The van der Waals surface area contributed by atoms with E-state index in [1.807, 2.05) is 0 Å². The van der Waals surface area contributed by atoms with E-state index in [1.54, 1.807) is 26.0 Å². The molecule has 0 spiro atoms. The fourth-order valence-corrected chi connectivity index (χ4v) is 1.77. The third-order valence-corrected chi connectivity index (χ3v) is 2.53. The zero-order valence-electron chi connectivity index (χ0n) is 7.31. The maximum Gasteiger partial charge on any atom is 0.129 e. The number of nitrogens with zero attached hydrogens (tertiary/aromatic N) is 2. The van der Waals surface area contributed by atoms with Gasteiger partial charge in [0.1, 0.15) is 5.15 Å². The summed E-state index contributed by atoms with van der Waals surface area (Å²) >= 11 is 9.07. The molecular weight excluding hydrogens is 251 g/mol. The van der Waals surface area contributed by atoms with Crippen LogP contribution in [0.15, 0.2) is 16.6 Å². The van der Waals surface area contributed by atoms with Gasteiger partial charge in [-0.1, -0.05) is 11.6 Å². The van der Waals surface area contributed by atoms with Crippen LogP contribution in [0.25, 0.3) is 0 Å². The van der Waals surface area contributed by atoms with Crippen molar-refractivity contribution in [2.75, 3.05) is 0 Å². The molecule has 0 unspecified atom stereocenters. The van der Waals surface area contributed by atoms with Crippen LogP contribution in [0.2, 0.25) is 5.15 Å². The van der Waals surface area contributed by atoms with Gasteiger partial charge in [0.05, 0.1) is 17.2 Å². The molecule has 1 aromatic rings. The first-order chi connectivity index (χ1) is 5.97. The second-order valence-corrected chi connectivity index (χ2v) is 4.44. The van der Waals surface area contributed by atoms with Crippen molar-refractivity contribution < 1.29 is 0 Å². The smallest absolute Gasteiger partial charge is 0.129 e. The normalized spacial score (nSPS) is 11.0. The summed E-state index contributed by atoms with van der Waals surface area (Å²) in [5, 5.41) is 9.31. The third-order valence-electron chi connectivity index (χ3n) is 1.68. The maximum atomic E-state index is 8.91. The molecule has 0 fully saturated rings. The van der Waals surface area contributed by atoms with E-state index < -0.39 is 5.41 Å². The van der Waals surface area contributed by atoms with Crippen LogP contribution >= 0.6 is 27.5 Å². The minimum Gasteiger partial charge on any atom is -0.238 e. The molecule has 1 rings (SSSR count). The van der Waals surface area contributed by atoms with Crippen molar-refractivity contribution in [1.29, 1.82) is 5.26 Å². The molecule has 0 saturated carbocycles. The highest BCUT2D eigenvalue weighted by molar-refractivity contribution is 9.10. The fourth-order valence-electron chi connectivity index (χ4n) is 0.910. The average molecular weight is 260 g/mol. The number of pyridine rings is 1. The first-order valence-electron chi connectivity index (χ1n) is 3.71. The summed E-state index contributed by atoms with van der Waals surface area (Å²) in [5.74, 6) is 0. The Bertz CT molecular complexity index is 368. The average Bonchev–Trinajstić information content (AvgIpc) is 2.09. The molecule has 2 nitrogen and oxygen atoms in total. The maximum absolute atomic E-state index is 8.91. The highest BCUT2D eigenvalue weighted by atomic mass is 79.9. The highest BCUT2D eigenvalue weighted by Crippen LogP contribution is 2.28. The summed E-state index contributed by atoms with van der Waals surface area (Å²) in [7, 11) is 0. The lowest BCUT2D eigenvalue weighted by molar-refractivity contribution is 0.655. The third kappa shape index (κ3) is 2.20. The molecule has 0 aliphatic rings. The van der Waals surface area contributed by atoms with E-state index in [1.165, 1.54) is 0 Å². The molecule has 4 heteroatoms. The SMILES string of the molecule is CC(C)(C#N)c1nc(Cl)ccc1Br. The Morgan fingerprint density at radius 3 is 2.69 bits per heavy atom. The van der Waals surface area contributed by atoms with E-state index in [0.717, 1.165) is 4.47 Å². The molecule has 0 N–H and O–H groups in total. The van der Waals surface area contributed by atoms with Gasteiger partial charge < -0.3 is 0 Å². The van der Waals surface area contributed by atoms with Crippen molar-refractivity contribution in [1.82, 2.24) is 4.98 Å². The van der Waals surface area contributed by atoms with E-state index in [0.29, 0.717) is 10.8 Å². The van der Waals surface area contributed by atoms with Gasteiger partial charge in [0.2, 0.25) is 0 Å². The van der Waals surface area contributed by atoms with Crippen molar-refractivity contribution >= 4 is 27.5 Å². The van der Waals surface area contributed by atoms with Gasteiger partial charge in [0.15, 0.2) is 0 Å². The van der Waals surface area contributed by atoms with Gasteiger partial charge in [0.25, 0.3) is 0 Å². The number of nitriles is 1. The Morgan fingerprint density at radius 2 is 2.15 bits per heavy atom. The topological polar surface area (TPSA) is 36.7 Å². The van der Waals surface area contributed by atoms with E-state index in [4.69, 9.17) is 16.9 Å². The summed E-state index contributed by atoms with van der Waals surface area (Å²) in [4.78, 5) is 4.11. The number of hydrogen-bond acceptors (Lipinski definition) is 2. The molecular formula is C9H8BrClN2. The second-order valence-electron chi connectivity index (χ2n) is 3.20. The zero-order chi connectivity index (χ0) is 10.1. The van der Waals surface area contributed by atoms with Crippen LogP contribution in [0.5, 0.6) is 0 Å². The van der Waals surface area contributed by atoms with Crippen molar-refractivity contribution in [3.05, 3.63) is 27.5 Å². The van der Waals surface area contributed by atoms with Crippen LogP contribution in [0.1, 0.15) is 19.5 Å². The summed E-state index contributed by atoms with van der Waals surface area (Å²) < 4.78 is 0.809. The molecule has 0 aliphatic carbocycles. The lowest BCUT2D eigenvalue weighted by Crippen LogP contribution is -2.16. The molecule has 0 saturated heterocycles. The van der Waals surface area contributed by atoms with Gasteiger partial charge in [-0.15, -0.1) is 0 Å². The summed E-state index contributed by atoms with van der Waals surface area (Å²) in [6.45, 7) is 3.60. The predicted octanol–water partition coefficient (Wildman–Crippen LogP) is 3.30. The standard InChI is InChI=1S/C9H8BrClN2/c1-9(2,5-12)8-6(10)3-4-7(11)13-8/h3-4H,1-2H3. The Kier molecular flexibility index (Phi) is 2.94. The lowest BCUT2D eigenvalue weighted by Gasteiger charge is -2.16. The minimum atomic E-state index is -0.621. The molecule has 0 aliphatic heterocycles. The molecule has 1 heterocycles. The van der Waals surface area contributed by atoms with Gasteiger partial charge in [0, 0.05) is 4.47 Å². The Balaban J connectivity index is 3.30. The Hall–Kier alpha value is -0.590. The van der Waals surface area contributed by atoms with Gasteiger partial charge in [-0.2, -0.15) is 5.26 Å². The van der Waals surface area contributed by atoms with Crippen LogP contribution in [-0.4, -0.2) is 4.98 Å². The van der Waals surface area contributed by atoms with Gasteiger partial charge >= 0.3 is 0 Å². The molecule has 13 heavy (non-hydrogen) atoms. The fraction of sp³-hybridized carbons (Fsp3) is 0.333. The van der Waals surface area contributed by atoms with Crippen molar-refractivity contribution in [2.45, 2.75) is 19.3 Å². The minimum absolute atomic E-state index is 0.404. The number of hydrogen-bond donors (Lipinski definition) is 0. The van der Waals surface area contributed by atoms with E-state index in [2.05, 4.69) is 27.0 Å². The van der Waals surface area contributed by atoms with Gasteiger partial charge in [-0.25, -0.2) is 4.98 Å². The van der Waals surface area contributed by atoms with Gasteiger partial charge in [-0.3, -0.25) is 0 Å². The number of rotatable bonds is 1. The van der Waals surface area contributed by atoms with Crippen LogP contribution < -0.4 is 0 Å². The quantitative estimate of drug-likeness (QED) is 0.726. The largest absolute Gasteiger partial charge is 0.238 e. The monoisotopic (exact) mass is 258 g/mol. The van der Waals surface area contributed by atoms with Crippen LogP contribution in [-0.2, 0) is 5.41 Å². The molecule has 68 valence electrons. The zero-order valence-corrected chi connectivity index (χ0v) is 9.65. The molecule has 0 amide bonds. The van der Waals surface area contributed by atoms with Crippen molar-refractivity contribution in [2.24, 2.45) is 0 Å². The summed E-state index contributed by atoms with van der Waals surface area (Å²) in [6.07, 6.45) is 0. The lowest BCUT2D eigenvalue weighted by atomic mass is 9.91. The van der Waals surface area contributed by atoms with Gasteiger partial charge in [-0.05, 0) is 41.9 Å². The predicted molar refractivity (Wildman–Crippen MR) is 55.6 cm³/mol. The van der Waals surface area contributed by atoms with Crippen LogP contribution in [0, 0.1) is 11.3 Å². The van der Waals surface area contributed by atoms with Crippen LogP contribution in [0.4, 0.5) is 0 Å². The first kappa shape index (κ1) is 10.5. The molecule has 0 aromatic carbocycles. The summed E-state index contributed by atoms with van der Waals surface area (Å²) in [6, 6.07) is 5.65. The van der Waals surface area contributed by atoms with Crippen LogP contribution in [0.3, 0.4) is 0 Å². The number of halogens is 2. The highest BCUT2D eigenvalue weighted by Gasteiger charge is 2.24. The molecule has 0 radical (unpaired) electrons. The molecule has 0 atom stereocenters. The number of aromatic nitrogens is 1. The molecule has 0 bridgehead atoms. The van der Waals surface area contributed by atoms with E-state index in [9.17, 15) is 0 Å². The second kappa shape index (κ2) is 3.65. The van der Waals surface area contributed by atoms with E-state index in [-0.39, 0.29) is 0 Å². The Labute approximate surface area is 90.7 Å². The Morgan fingerprint density at radius 1 is 1.54 bits per heavy atom. The molecule has 1 aromatic heterocycles. The van der Waals surface area contributed by atoms with E-state index >= 15 is 0 Å². The van der Waals surface area contributed by atoms with Crippen molar-refractivity contribution in [3.63, 3.8) is 0 Å².